The van der Waals surface area contributed by atoms with Crippen molar-refractivity contribution in [3.8, 4) is 0 Å². The predicted molar refractivity (Wildman–Crippen MR) is 130 cm³/mol. The monoisotopic (exact) mass is 506 g/mol. The van der Waals surface area contributed by atoms with E-state index in [1.165, 1.54) is 16.0 Å². The van der Waals surface area contributed by atoms with Crippen LogP contribution >= 0.6 is 35.3 Å². The zero-order valence-corrected chi connectivity index (χ0v) is 19.6. The first-order chi connectivity index (χ1) is 13.2. The normalized spacial score (nSPS) is 11.2. The summed E-state index contributed by atoms with van der Waals surface area (Å²) in [6, 6.07) is 21.2. The molecular formula is C22H27IN4S. The van der Waals surface area contributed by atoms with Crippen LogP contribution in [0.2, 0.25) is 0 Å². The first kappa shape index (κ1) is 22.4. The minimum atomic E-state index is 0. The molecule has 4 nitrogen and oxygen atoms in total. The van der Waals surface area contributed by atoms with Gasteiger partial charge in [-0.2, -0.15) is 0 Å². The van der Waals surface area contributed by atoms with Crippen LogP contribution in [-0.4, -0.2) is 24.5 Å². The van der Waals surface area contributed by atoms with Crippen molar-refractivity contribution < 1.29 is 0 Å². The van der Waals surface area contributed by atoms with Gasteiger partial charge in [0.2, 0.25) is 0 Å². The highest BCUT2D eigenvalue weighted by Gasteiger charge is 2.14. The highest BCUT2D eigenvalue weighted by atomic mass is 127. The first-order valence-corrected chi connectivity index (χ1v) is 9.96. The van der Waals surface area contributed by atoms with Crippen molar-refractivity contribution in [3.63, 3.8) is 0 Å². The summed E-state index contributed by atoms with van der Waals surface area (Å²) in [5, 5.41) is 7.92. The van der Waals surface area contributed by atoms with Crippen molar-refractivity contribution in [1.29, 1.82) is 0 Å². The van der Waals surface area contributed by atoms with Gasteiger partial charge in [0.1, 0.15) is 5.01 Å². The van der Waals surface area contributed by atoms with Crippen molar-refractivity contribution in [3.05, 3.63) is 87.4 Å². The van der Waals surface area contributed by atoms with Gasteiger partial charge >= 0.3 is 0 Å². The third-order valence-electron chi connectivity index (χ3n) is 4.58. The number of nitrogens with zero attached hydrogens (tertiary/aromatic N) is 2. The molecule has 0 spiro atoms. The Balaban J connectivity index is 0.00000280. The Hall–Kier alpha value is -1.93. The third-order valence-corrected chi connectivity index (χ3v) is 5.65. The Morgan fingerprint density at radius 2 is 1.54 bits per heavy atom. The van der Waals surface area contributed by atoms with Crippen LogP contribution in [0.3, 0.4) is 0 Å². The van der Waals surface area contributed by atoms with Crippen molar-refractivity contribution in [2.45, 2.75) is 26.3 Å². The van der Waals surface area contributed by atoms with E-state index in [2.05, 4.69) is 88.2 Å². The van der Waals surface area contributed by atoms with Gasteiger partial charge in [0, 0.05) is 24.4 Å². The van der Waals surface area contributed by atoms with Crippen LogP contribution in [0, 0.1) is 13.8 Å². The van der Waals surface area contributed by atoms with Gasteiger partial charge in [0.25, 0.3) is 0 Å². The Kier molecular flexibility index (Phi) is 8.92. The molecule has 1 heterocycles. The smallest absolute Gasteiger partial charge is 0.191 e. The molecule has 1 aromatic heterocycles. The maximum atomic E-state index is 4.58. The number of guanidine groups is 1. The summed E-state index contributed by atoms with van der Waals surface area (Å²) in [6.45, 7) is 5.60. The Morgan fingerprint density at radius 3 is 2.00 bits per heavy atom. The molecule has 6 heteroatoms. The topological polar surface area (TPSA) is 49.3 Å². The summed E-state index contributed by atoms with van der Waals surface area (Å²) in [6.07, 6.45) is 0. The van der Waals surface area contributed by atoms with Gasteiger partial charge in [-0.25, -0.2) is 4.98 Å². The molecule has 28 heavy (non-hydrogen) atoms. The van der Waals surface area contributed by atoms with Crippen molar-refractivity contribution in [2.75, 3.05) is 13.6 Å². The van der Waals surface area contributed by atoms with Gasteiger partial charge in [-0.3, -0.25) is 4.99 Å². The summed E-state index contributed by atoms with van der Waals surface area (Å²) in [5.41, 5.74) is 3.68. The SMILES string of the molecule is CN=C(NCc1nc(C)c(C)s1)NCC(c1ccccc1)c1ccccc1.I. The fourth-order valence-corrected chi connectivity index (χ4v) is 3.87. The van der Waals surface area contributed by atoms with Crippen LogP contribution < -0.4 is 10.6 Å². The van der Waals surface area contributed by atoms with Gasteiger partial charge < -0.3 is 10.6 Å². The second-order valence-corrected chi connectivity index (χ2v) is 7.72. The van der Waals surface area contributed by atoms with E-state index >= 15 is 0 Å². The second kappa shape index (κ2) is 11.2. The van der Waals surface area contributed by atoms with Crippen molar-refractivity contribution in [1.82, 2.24) is 15.6 Å². The molecule has 0 radical (unpaired) electrons. The van der Waals surface area contributed by atoms with E-state index in [4.69, 9.17) is 0 Å². The minimum absolute atomic E-state index is 0. The molecule has 0 atom stereocenters. The van der Waals surface area contributed by atoms with Gasteiger partial charge in [-0.1, -0.05) is 60.7 Å². The number of hydrogen-bond donors (Lipinski definition) is 2. The van der Waals surface area contributed by atoms with Crippen LogP contribution in [0.15, 0.2) is 65.7 Å². The van der Waals surface area contributed by atoms with Crippen LogP contribution in [0.4, 0.5) is 0 Å². The fraction of sp³-hybridized carbons (Fsp3) is 0.273. The fourth-order valence-electron chi connectivity index (χ4n) is 2.99. The van der Waals surface area contributed by atoms with E-state index in [1.54, 1.807) is 18.4 Å². The molecule has 0 fully saturated rings. The summed E-state index contributed by atoms with van der Waals surface area (Å²) in [7, 11) is 1.80. The van der Waals surface area contributed by atoms with E-state index < -0.39 is 0 Å². The molecule has 3 aromatic rings. The number of hydrogen-bond acceptors (Lipinski definition) is 3. The maximum absolute atomic E-state index is 4.58. The lowest BCUT2D eigenvalue weighted by atomic mass is 9.91. The molecule has 0 unspecified atom stereocenters. The first-order valence-electron chi connectivity index (χ1n) is 9.14. The summed E-state index contributed by atoms with van der Waals surface area (Å²) in [5.74, 6) is 1.05. The van der Waals surface area contributed by atoms with Crippen LogP contribution in [0.1, 0.15) is 32.6 Å². The van der Waals surface area contributed by atoms with Gasteiger partial charge in [0.05, 0.1) is 12.2 Å². The van der Waals surface area contributed by atoms with Gasteiger partial charge in [-0.05, 0) is 25.0 Å². The number of rotatable bonds is 6. The van der Waals surface area contributed by atoms with Crippen LogP contribution in [0.25, 0.3) is 0 Å². The average Bonchev–Trinajstić information content (AvgIpc) is 3.03. The Morgan fingerprint density at radius 1 is 0.964 bits per heavy atom. The number of benzene rings is 2. The molecule has 2 N–H and O–H groups in total. The van der Waals surface area contributed by atoms with Crippen LogP contribution in [-0.2, 0) is 6.54 Å². The van der Waals surface area contributed by atoms with Crippen molar-refractivity contribution >= 4 is 41.3 Å². The lowest BCUT2D eigenvalue weighted by Gasteiger charge is -2.20. The molecule has 2 aromatic carbocycles. The number of halogens is 1. The molecule has 0 bridgehead atoms. The number of thiazole rings is 1. The summed E-state index contributed by atoms with van der Waals surface area (Å²) in [4.78, 5) is 10.2. The number of aliphatic imine (C=N–C) groups is 1. The summed E-state index contributed by atoms with van der Waals surface area (Å²) < 4.78 is 0. The van der Waals surface area contributed by atoms with Gasteiger partial charge in [0.15, 0.2) is 5.96 Å². The van der Waals surface area contributed by atoms with E-state index in [-0.39, 0.29) is 29.9 Å². The lowest BCUT2D eigenvalue weighted by molar-refractivity contribution is 0.727. The minimum Gasteiger partial charge on any atom is -0.355 e. The van der Waals surface area contributed by atoms with E-state index in [0.29, 0.717) is 6.54 Å². The summed E-state index contributed by atoms with van der Waals surface area (Å²) >= 11 is 1.73. The zero-order chi connectivity index (χ0) is 19.1. The standard InChI is InChI=1S/C22H26N4S.HI/c1-16-17(2)27-21(26-16)15-25-22(23-3)24-14-20(18-10-6-4-7-11-18)19-12-8-5-9-13-19;/h4-13,20H,14-15H2,1-3H3,(H2,23,24,25);1H. The molecule has 0 amide bonds. The predicted octanol–water partition coefficient (Wildman–Crippen LogP) is 4.88. The molecule has 0 aliphatic heterocycles. The quantitative estimate of drug-likeness (QED) is 0.285. The third kappa shape index (κ3) is 6.04. The number of nitrogens with one attached hydrogen (secondary N) is 2. The molecule has 0 saturated heterocycles. The highest BCUT2D eigenvalue weighted by Crippen LogP contribution is 2.23. The average molecular weight is 506 g/mol. The molecule has 3 rings (SSSR count). The molecule has 0 saturated carbocycles. The van der Waals surface area contributed by atoms with E-state index in [9.17, 15) is 0 Å². The maximum Gasteiger partial charge on any atom is 0.191 e. The molecule has 0 aliphatic carbocycles. The largest absolute Gasteiger partial charge is 0.355 e. The highest BCUT2D eigenvalue weighted by molar-refractivity contribution is 14.0. The van der Waals surface area contributed by atoms with Crippen molar-refractivity contribution in [2.24, 2.45) is 4.99 Å². The van der Waals surface area contributed by atoms with E-state index in [1.807, 2.05) is 6.92 Å². The molecular weight excluding hydrogens is 479 g/mol. The lowest BCUT2D eigenvalue weighted by Crippen LogP contribution is -2.39. The van der Waals surface area contributed by atoms with E-state index in [0.717, 1.165) is 23.2 Å². The van der Waals surface area contributed by atoms with Crippen LogP contribution in [0.5, 0.6) is 0 Å². The Labute approximate surface area is 188 Å². The zero-order valence-electron chi connectivity index (χ0n) is 16.5. The molecule has 0 aliphatic rings. The second-order valence-electron chi connectivity index (χ2n) is 6.43. The van der Waals surface area contributed by atoms with Gasteiger partial charge in [-0.15, -0.1) is 35.3 Å². The Bertz CT molecular complexity index is 819. The number of aromatic nitrogens is 1. The number of aryl methyl sites for hydroxylation is 2. The molecule has 148 valence electrons.